The van der Waals surface area contributed by atoms with E-state index in [1.54, 1.807) is 42.7 Å². The van der Waals surface area contributed by atoms with E-state index in [0.717, 1.165) is 0 Å². The summed E-state index contributed by atoms with van der Waals surface area (Å²) < 4.78 is 32.4. The second-order valence-electron chi connectivity index (χ2n) is 5.30. The Morgan fingerprint density at radius 1 is 0.480 bits per heavy atom. The van der Waals surface area contributed by atoms with Gasteiger partial charge < -0.3 is 26.6 Å². The number of hydrogen-bond donors (Lipinski definition) is 0. The van der Waals surface area contributed by atoms with Gasteiger partial charge in [0, 0.05) is 42.7 Å². The Hall–Kier alpha value is -0.692. The van der Waals surface area contributed by atoms with Gasteiger partial charge in [0.1, 0.15) is 0 Å². The molecule has 0 unspecified atom stereocenters. The van der Waals surface area contributed by atoms with E-state index < -0.39 is 34.5 Å². The lowest BCUT2D eigenvalue weighted by atomic mass is 11.3. The highest BCUT2D eigenvalue weighted by Gasteiger charge is 2.29. The molecule has 0 aliphatic carbocycles. The molecule has 0 fully saturated rings. The topological polar surface area (TPSA) is 55.4 Å². The standard InChI is InChI=1S/C15H28O6Si4/c1-16-23(7,17-2)13-10-22(11-14-24(8,18-3)19-4)12-15-25(9,20-5)21-6/h22H,1-9H3. The highest BCUT2D eigenvalue weighted by atomic mass is 28.4. The van der Waals surface area contributed by atoms with E-state index in [1.165, 1.54) is 0 Å². The second kappa shape index (κ2) is 11.1. The van der Waals surface area contributed by atoms with Gasteiger partial charge in [-0.05, 0) is 19.6 Å². The Morgan fingerprint density at radius 2 is 0.680 bits per heavy atom. The lowest BCUT2D eigenvalue weighted by Crippen LogP contribution is -2.36. The first-order chi connectivity index (χ1) is 11.6. The average Bonchev–Trinajstić information content (AvgIpc) is 2.66. The van der Waals surface area contributed by atoms with Crippen molar-refractivity contribution in [3.05, 3.63) is 0 Å². The van der Waals surface area contributed by atoms with Crippen LogP contribution >= 0.6 is 0 Å². The van der Waals surface area contributed by atoms with Crippen molar-refractivity contribution in [2.75, 3.05) is 42.7 Å². The smallest absolute Gasteiger partial charge is 0.389 e. The highest BCUT2D eigenvalue weighted by Crippen LogP contribution is 2.04. The van der Waals surface area contributed by atoms with Crippen molar-refractivity contribution in [3.8, 4) is 33.3 Å². The molecular formula is C15H28O6Si4. The molecule has 0 aliphatic heterocycles. The molecule has 0 heterocycles. The molecule has 0 N–H and O–H groups in total. The summed E-state index contributed by atoms with van der Waals surface area (Å²) in [6, 6.07) is 0. The summed E-state index contributed by atoms with van der Waals surface area (Å²) in [5.41, 5.74) is 18.9. The molecule has 0 aliphatic rings. The zero-order valence-electron chi connectivity index (χ0n) is 16.5. The molecule has 0 aromatic carbocycles. The van der Waals surface area contributed by atoms with E-state index >= 15 is 0 Å². The molecule has 0 atom stereocenters. The Balaban J connectivity index is 5.84. The molecule has 140 valence electrons. The van der Waals surface area contributed by atoms with Gasteiger partial charge in [-0.25, -0.2) is 0 Å². The van der Waals surface area contributed by atoms with Crippen LogP contribution in [-0.4, -0.2) is 77.1 Å². The van der Waals surface area contributed by atoms with Crippen LogP contribution in [0.4, 0.5) is 0 Å². The van der Waals surface area contributed by atoms with Gasteiger partial charge in [-0.2, -0.15) is 0 Å². The summed E-state index contributed by atoms with van der Waals surface area (Å²) >= 11 is 0. The van der Waals surface area contributed by atoms with Crippen LogP contribution in [-0.2, 0) is 26.6 Å². The van der Waals surface area contributed by atoms with E-state index in [4.69, 9.17) is 26.6 Å². The van der Waals surface area contributed by atoms with Gasteiger partial charge >= 0.3 is 25.7 Å². The van der Waals surface area contributed by atoms with E-state index in [-0.39, 0.29) is 0 Å². The minimum atomic E-state index is -2.51. The summed E-state index contributed by atoms with van der Waals surface area (Å²) in [5.74, 6) is 0. The lowest BCUT2D eigenvalue weighted by Gasteiger charge is -2.16. The fourth-order valence-electron chi connectivity index (χ4n) is 1.27. The lowest BCUT2D eigenvalue weighted by molar-refractivity contribution is 0.266. The molecule has 6 nitrogen and oxygen atoms in total. The number of hydrogen-bond acceptors (Lipinski definition) is 6. The van der Waals surface area contributed by atoms with Gasteiger partial charge in [0.25, 0.3) is 8.80 Å². The summed E-state index contributed by atoms with van der Waals surface area (Å²) in [6.45, 7) is 5.62. The third kappa shape index (κ3) is 8.49. The van der Waals surface area contributed by atoms with Crippen molar-refractivity contribution in [3.63, 3.8) is 0 Å². The predicted octanol–water partition coefficient (Wildman–Crippen LogP) is 0.553. The maximum atomic E-state index is 5.40. The van der Waals surface area contributed by atoms with Crippen molar-refractivity contribution in [2.24, 2.45) is 0 Å². The van der Waals surface area contributed by atoms with E-state index in [2.05, 4.69) is 33.3 Å². The Morgan fingerprint density at radius 3 is 0.840 bits per heavy atom. The Kier molecular flexibility index (Phi) is 10.8. The summed E-state index contributed by atoms with van der Waals surface area (Å²) in [6.07, 6.45) is 0. The van der Waals surface area contributed by atoms with Crippen LogP contribution in [0.2, 0.25) is 19.6 Å². The molecule has 0 rings (SSSR count). The van der Waals surface area contributed by atoms with Crippen molar-refractivity contribution in [1.82, 2.24) is 0 Å². The molecule has 0 aromatic heterocycles. The number of rotatable bonds is 6. The predicted molar refractivity (Wildman–Crippen MR) is 107 cm³/mol. The zero-order valence-corrected chi connectivity index (χ0v) is 20.7. The minimum Gasteiger partial charge on any atom is -0.389 e. The first kappa shape index (κ1) is 24.3. The highest BCUT2D eigenvalue weighted by molar-refractivity contribution is 6.88. The fraction of sp³-hybridized carbons (Fsp3) is 0.600. The van der Waals surface area contributed by atoms with E-state index in [0.29, 0.717) is 0 Å². The molecule has 0 aromatic rings. The molecule has 0 spiro atoms. The van der Waals surface area contributed by atoms with Crippen molar-refractivity contribution < 1.29 is 26.6 Å². The maximum Gasteiger partial charge on any atom is 0.419 e. The first-order valence-electron chi connectivity index (χ1n) is 7.54. The van der Waals surface area contributed by atoms with Gasteiger partial charge in [0.2, 0.25) is 0 Å². The van der Waals surface area contributed by atoms with Crippen LogP contribution in [0.5, 0.6) is 0 Å². The molecule has 0 saturated carbocycles. The fourth-order valence-corrected chi connectivity index (χ4v) is 7.48. The zero-order chi connectivity index (χ0) is 19.6. The van der Waals surface area contributed by atoms with Gasteiger partial charge in [-0.15, -0.1) is 16.6 Å². The normalized spacial score (nSPS) is 11.8. The largest absolute Gasteiger partial charge is 0.419 e. The van der Waals surface area contributed by atoms with Crippen LogP contribution in [0.15, 0.2) is 0 Å². The van der Waals surface area contributed by atoms with Crippen molar-refractivity contribution >= 4 is 34.5 Å². The maximum absolute atomic E-state index is 5.40. The molecule has 0 bridgehead atoms. The molecule has 25 heavy (non-hydrogen) atoms. The van der Waals surface area contributed by atoms with E-state index in [9.17, 15) is 0 Å². The SMILES string of the molecule is CO[Si](C)(C#C[SiH](C#C[Si](C)(OC)OC)C#C[Si](C)(OC)OC)OC. The minimum absolute atomic E-state index is 1.60. The summed E-state index contributed by atoms with van der Waals surface area (Å²) in [5, 5.41) is 0. The van der Waals surface area contributed by atoms with Gasteiger partial charge in [0.15, 0.2) is 0 Å². The van der Waals surface area contributed by atoms with Crippen LogP contribution < -0.4 is 0 Å². The van der Waals surface area contributed by atoms with Gasteiger partial charge in [-0.3, -0.25) is 0 Å². The van der Waals surface area contributed by atoms with Crippen molar-refractivity contribution in [1.29, 1.82) is 0 Å². The molecule has 0 radical (unpaired) electrons. The van der Waals surface area contributed by atoms with Crippen LogP contribution in [0.1, 0.15) is 0 Å². The molecule has 10 heteroatoms. The van der Waals surface area contributed by atoms with Crippen LogP contribution in [0, 0.1) is 33.3 Å². The third-order valence-corrected chi connectivity index (χ3v) is 12.3. The Bertz CT molecular complexity index is 509. The summed E-state index contributed by atoms with van der Waals surface area (Å²) in [7, 11) is -0.0270. The Labute approximate surface area is 156 Å². The average molecular weight is 417 g/mol. The molecular weight excluding hydrogens is 389 g/mol. The van der Waals surface area contributed by atoms with Crippen molar-refractivity contribution in [2.45, 2.75) is 19.6 Å². The van der Waals surface area contributed by atoms with Gasteiger partial charge in [0.05, 0.1) is 0 Å². The monoisotopic (exact) mass is 416 g/mol. The van der Waals surface area contributed by atoms with Gasteiger partial charge in [-0.1, -0.05) is 16.6 Å². The summed E-state index contributed by atoms with van der Waals surface area (Å²) in [4.78, 5) is 0. The quantitative estimate of drug-likeness (QED) is 0.466. The van der Waals surface area contributed by atoms with Crippen LogP contribution in [0.25, 0.3) is 0 Å². The molecule has 0 saturated heterocycles. The molecule has 0 amide bonds. The second-order valence-corrected chi connectivity index (χ2v) is 15.9. The van der Waals surface area contributed by atoms with Crippen LogP contribution in [0.3, 0.4) is 0 Å². The van der Waals surface area contributed by atoms with E-state index in [1.807, 2.05) is 19.6 Å². The first-order valence-corrected chi connectivity index (χ1v) is 16.2. The third-order valence-electron chi connectivity index (χ3n) is 3.67.